The molecule has 0 saturated heterocycles. The standard InChI is InChI=1S/C16H16O3.C3H8.C2H6/c1-16(12-2-4-13(17)5-3-12)9-8-11-10-14(18)6-7-15(11)19-16;1-3-2;1-2/h2-7,10,17-18H,8-9H2,1H3;3H2,1-2H3;1-2H3/t16-;;/m0../s1. The quantitative estimate of drug-likeness (QED) is 0.696. The summed E-state index contributed by atoms with van der Waals surface area (Å²) in [5, 5.41) is 18.8. The van der Waals surface area contributed by atoms with Gasteiger partial charge in [0, 0.05) is 0 Å². The smallest absolute Gasteiger partial charge is 0.132 e. The van der Waals surface area contributed by atoms with E-state index in [1.165, 1.54) is 6.42 Å². The van der Waals surface area contributed by atoms with Gasteiger partial charge in [-0.3, -0.25) is 0 Å². The van der Waals surface area contributed by atoms with Crippen molar-refractivity contribution in [1.29, 1.82) is 0 Å². The summed E-state index contributed by atoms with van der Waals surface area (Å²) in [4.78, 5) is 0. The van der Waals surface area contributed by atoms with E-state index in [1.54, 1.807) is 24.3 Å². The number of hydrogen-bond donors (Lipinski definition) is 2. The van der Waals surface area contributed by atoms with Gasteiger partial charge in [-0.25, -0.2) is 0 Å². The predicted octanol–water partition coefficient (Wildman–Crippen LogP) is 5.78. The second-order valence-electron chi connectivity index (χ2n) is 5.88. The largest absolute Gasteiger partial charge is 0.508 e. The SMILES string of the molecule is CC.CCC.C[C@@]1(c2ccc(O)cc2)CCc2cc(O)ccc2O1. The first-order valence-corrected chi connectivity index (χ1v) is 8.79. The third-order valence-corrected chi connectivity index (χ3v) is 3.73. The lowest BCUT2D eigenvalue weighted by molar-refractivity contribution is 0.0624. The molecule has 1 atom stereocenters. The molecule has 24 heavy (non-hydrogen) atoms. The Morgan fingerprint density at radius 1 is 0.958 bits per heavy atom. The lowest BCUT2D eigenvalue weighted by Crippen LogP contribution is -2.33. The predicted molar refractivity (Wildman–Crippen MR) is 99.8 cm³/mol. The lowest BCUT2D eigenvalue weighted by atomic mass is 9.86. The molecule has 132 valence electrons. The van der Waals surface area contributed by atoms with E-state index in [-0.39, 0.29) is 11.5 Å². The second-order valence-corrected chi connectivity index (χ2v) is 5.88. The van der Waals surface area contributed by atoms with Crippen LogP contribution in [0.3, 0.4) is 0 Å². The lowest BCUT2D eigenvalue weighted by Gasteiger charge is -2.36. The molecular weight excluding hydrogens is 300 g/mol. The van der Waals surface area contributed by atoms with Crippen molar-refractivity contribution in [3.05, 3.63) is 53.6 Å². The third kappa shape index (κ3) is 4.92. The molecule has 0 amide bonds. The van der Waals surface area contributed by atoms with Crippen molar-refractivity contribution in [3.8, 4) is 17.2 Å². The van der Waals surface area contributed by atoms with Crippen molar-refractivity contribution in [1.82, 2.24) is 0 Å². The summed E-state index contributed by atoms with van der Waals surface area (Å²) in [6, 6.07) is 12.3. The summed E-state index contributed by atoms with van der Waals surface area (Å²) in [6.45, 7) is 10.3. The molecule has 0 fully saturated rings. The average Bonchev–Trinajstić information content (AvgIpc) is 2.58. The van der Waals surface area contributed by atoms with Crippen LogP contribution in [0.15, 0.2) is 42.5 Å². The maximum Gasteiger partial charge on any atom is 0.132 e. The molecular formula is C21H30O3. The van der Waals surface area contributed by atoms with E-state index in [0.29, 0.717) is 0 Å². The zero-order valence-electron chi connectivity index (χ0n) is 15.5. The number of phenolic OH excluding ortho intramolecular Hbond substituents is 2. The maximum atomic E-state index is 9.48. The molecule has 2 aromatic rings. The Balaban J connectivity index is 0.000000521. The molecule has 1 heterocycles. The van der Waals surface area contributed by atoms with Crippen LogP contribution in [0, 0.1) is 0 Å². The highest BCUT2D eigenvalue weighted by Gasteiger charge is 2.33. The van der Waals surface area contributed by atoms with Crippen molar-refractivity contribution in [3.63, 3.8) is 0 Å². The number of fused-ring (bicyclic) bond motifs is 1. The fourth-order valence-corrected chi connectivity index (χ4v) is 2.54. The number of aromatic hydroxyl groups is 2. The van der Waals surface area contributed by atoms with Crippen molar-refractivity contribution >= 4 is 0 Å². The second kappa shape index (κ2) is 9.21. The summed E-state index contributed by atoms with van der Waals surface area (Å²) in [7, 11) is 0. The Labute approximate surface area is 145 Å². The van der Waals surface area contributed by atoms with Crippen LogP contribution in [-0.4, -0.2) is 10.2 Å². The highest BCUT2D eigenvalue weighted by Crippen LogP contribution is 2.40. The molecule has 0 saturated carbocycles. The number of hydrogen-bond acceptors (Lipinski definition) is 3. The van der Waals surface area contributed by atoms with Gasteiger partial charge in [0.1, 0.15) is 22.8 Å². The van der Waals surface area contributed by atoms with Crippen molar-refractivity contribution < 1.29 is 14.9 Å². The summed E-state index contributed by atoms with van der Waals surface area (Å²) < 4.78 is 6.11. The Bertz CT molecular complexity index is 619. The molecule has 0 bridgehead atoms. The molecule has 1 aliphatic heterocycles. The highest BCUT2D eigenvalue weighted by molar-refractivity contribution is 5.43. The van der Waals surface area contributed by atoms with Gasteiger partial charge < -0.3 is 14.9 Å². The minimum absolute atomic E-state index is 0.258. The van der Waals surface area contributed by atoms with Crippen LogP contribution in [0.4, 0.5) is 0 Å². The number of benzene rings is 2. The topological polar surface area (TPSA) is 49.7 Å². The Hall–Kier alpha value is -2.16. The maximum absolute atomic E-state index is 9.48. The van der Waals surface area contributed by atoms with E-state index in [0.717, 1.165) is 29.7 Å². The van der Waals surface area contributed by atoms with Crippen LogP contribution >= 0.6 is 0 Å². The van der Waals surface area contributed by atoms with E-state index in [1.807, 2.05) is 32.0 Å². The minimum Gasteiger partial charge on any atom is -0.508 e. The number of phenols is 2. The van der Waals surface area contributed by atoms with E-state index in [2.05, 4.69) is 20.8 Å². The Kier molecular flexibility index (Phi) is 7.63. The summed E-state index contributed by atoms with van der Waals surface area (Å²) in [5.74, 6) is 1.35. The molecule has 0 radical (unpaired) electrons. The molecule has 0 spiro atoms. The van der Waals surface area contributed by atoms with E-state index in [4.69, 9.17) is 4.74 Å². The van der Waals surface area contributed by atoms with Gasteiger partial charge in [0.15, 0.2) is 0 Å². The van der Waals surface area contributed by atoms with Crippen LogP contribution < -0.4 is 4.74 Å². The highest BCUT2D eigenvalue weighted by atomic mass is 16.5. The minimum atomic E-state index is -0.391. The molecule has 0 aromatic heterocycles. The number of ether oxygens (including phenoxy) is 1. The Morgan fingerprint density at radius 3 is 2.08 bits per heavy atom. The summed E-state index contributed by atoms with van der Waals surface area (Å²) >= 11 is 0. The number of aryl methyl sites for hydroxylation is 1. The first-order chi connectivity index (χ1) is 11.5. The fourth-order valence-electron chi connectivity index (χ4n) is 2.54. The van der Waals surface area contributed by atoms with Gasteiger partial charge in [-0.15, -0.1) is 0 Å². The molecule has 0 unspecified atom stereocenters. The zero-order valence-corrected chi connectivity index (χ0v) is 15.5. The fraction of sp³-hybridized carbons (Fsp3) is 0.429. The van der Waals surface area contributed by atoms with Gasteiger partial charge in [0.05, 0.1) is 0 Å². The molecule has 3 heteroatoms. The van der Waals surface area contributed by atoms with Crippen molar-refractivity contribution in [2.24, 2.45) is 0 Å². The molecule has 0 aliphatic carbocycles. The average molecular weight is 330 g/mol. The summed E-state index contributed by atoms with van der Waals surface area (Å²) in [5.41, 5.74) is 1.69. The molecule has 3 nitrogen and oxygen atoms in total. The van der Waals surface area contributed by atoms with Crippen molar-refractivity contribution in [2.75, 3.05) is 0 Å². The van der Waals surface area contributed by atoms with Gasteiger partial charge in [-0.05, 0) is 61.2 Å². The van der Waals surface area contributed by atoms with Gasteiger partial charge >= 0.3 is 0 Å². The number of rotatable bonds is 1. The van der Waals surface area contributed by atoms with E-state index >= 15 is 0 Å². The molecule has 3 rings (SSSR count). The van der Waals surface area contributed by atoms with E-state index < -0.39 is 5.60 Å². The van der Waals surface area contributed by atoms with Gasteiger partial charge in [-0.1, -0.05) is 46.2 Å². The monoisotopic (exact) mass is 330 g/mol. The zero-order chi connectivity index (χ0) is 18.2. The third-order valence-electron chi connectivity index (χ3n) is 3.73. The molecule has 1 aliphatic rings. The van der Waals surface area contributed by atoms with Gasteiger partial charge in [0.25, 0.3) is 0 Å². The summed E-state index contributed by atoms with van der Waals surface area (Å²) in [6.07, 6.45) is 2.95. The molecule has 2 N–H and O–H groups in total. The normalized spacial score (nSPS) is 18.0. The van der Waals surface area contributed by atoms with Crippen LogP contribution in [-0.2, 0) is 12.0 Å². The van der Waals surface area contributed by atoms with Crippen LogP contribution in [0.25, 0.3) is 0 Å². The first-order valence-electron chi connectivity index (χ1n) is 8.79. The first kappa shape index (κ1) is 19.9. The van der Waals surface area contributed by atoms with Crippen LogP contribution in [0.2, 0.25) is 0 Å². The Morgan fingerprint density at radius 2 is 1.50 bits per heavy atom. The van der Waals surface area contributed by atoms with Crippen molar-refractivity contribution in [2.45, 2.75) is 59.5 Å². The van der Waals surface area contributed by atoms with Crippen LogP contribution in [0.5, 0.6) is 17.2 Å². The van der Waals surface area contributed by atoms with Gasteiger partial charge in [0.2, 0.25) is 0 Å². The molecule has 2 aromatic carbocycles. The van der Waals surface area contributed by atoms with E-state index in [9.17, 15) is 10.2 Å². The van der Waals surface area contributed by atoms with Crippen LogP contribution in [0.1, 0.15) is 58.6 Å². The van der Waals surface area contributed by atoms with Gasteiger partial charge in [-0.2, -0.15) is 0 Å².